The van der Waals surface area contributed by atoms with E-state index >= 15 is 0 Å². The number of sulfonamides is 1. The Labute approximate surface area is 311 Å². The lowest BCUT2D eigenvalue weighted by molar-refractivity contribution is -0.143. The highest BCUT2D eigenvalue weighted by atomic mass is 32.2. The van der Waals surface area contributed by atoms with Crippen LogP contribution < -0.4 is 15.4 Å². The summed E-state index contributed by atoms with van der Waals surface area (Å²) in [5, 5.41) is 5.64. The number of rotatable bonds is 12. The van der Waals surface area contributed by atoms with E-state index in [1.54, 1.807) is 13.2 Å². The lowest BCUT2D eigenvalue weighted by Gasteiger charge is -2.36. The van der Waals surface area contributed by atoms with Crippen molar-refractivity contribution in [3.8, 4) is 11.3 Å². The van der Waals surface area contributed by atoms with Gasteiger partial charge in [-0.3, -0.25) is 19.1 Å². The molecule has 0 bridgehead atoms. The predicted molar refractivity (Wildman–Crippen MR) is 197 cm³/mol. The van der Waals surface area contributed by atoms with E-state index in [-0.39, 0.29) is 25.5 Å². The fourth-order valence-electron chi connectivity index (χ4n) is 7.65. The minimum atomic E-state index is -4.00. The van der Waals surface area contributed by atoms with E-state index < -0.39 is 73.1 Å². The number of furan rings is 1. The number of carbonyl (C=O) groups excluding carboxylic acids is 4. The molecule has 1 saturated heterocycles. The van der Waals surface area contributed by atoms with Crippen LogP contribution in [0.25, 0.3) is 11.3 Å². The minimum Gasteiger partial charge on any atom is -0.464 e. The predicted octanol–water partition coefficient (Wildman–Crippen LogP) is 4.84. The summed E-state index contributed by atoms with van der Waals surface area (Å²) in [6.45, 7) is 12.7. The molecule has 1 aromatic carbocycles. The number of nitrogens with zero attached hydrogens (tertiary/aromatic N) is 1. The van der Waals surface area contributed by atoms with Crippen molar-refractivity contribution in [3.63, 3.8) is 0 Å². The molecule has 288 valence electrons. The zero-order valence-corrected chi connectivity index (χ0v) is 32.3. The largest absolute Gasteiger partial charge is 0.464 e. The lowest BCUT2D eigenvalue weighted by Crippen LogP contribution is -2.60. The molecule has 1 aliphatic heterocycles. The van der Waals surface area contributed by atoms with Crippen molar-refractivity contribution in [2.75, 3.05) is 13.7 Å². The first-order valence-corrected chi connectivity index (χ1v) is 19.9. The van der Waals surface area contributed by atoms with Crippen molar-refractivity contribution in [1.82, 2.24) is 20.3 Å². The molecule has 14 heteroatoms. The monoisotopic (exact) mass is 752 g/mol. The number of hydrogen-bond donors (Lipinski definition) is 3. The number of likely N-dealkylation sites (tertiary alicyclic amines) is 1. The zero-order valence-electron chi connectivity index (χ0n) is 31.5. The third-order valence-electron chi connectivity index (χ3n) is 11.7. The van der Waals surface area contributed by atoms with E-state index in [9.17, 15) is 27.6 Å². The first kappa shape index (κ1) is 38.6. The standard InChI is InChI=1S/C39H52N4O9S/c1-8-26-21-39(26,34(46)42-53(48,49)37(6)18-19-37)41-32(44)29-22-38(50-7,27-15-13-25(14-16-27)30-24(2)17-20-51-30)23-43(29)33(45)31(36(3,4)5)40-35(47)52-28-11-9-10-12-28/h8,13-17,20,26,28-29,31H,1,9-12,18-19,21-23H2,2-7H3,(H,40,47)(H,41,44)(H,42,46)/t26?,29-,31+,38-,39+/m0/s1. The molecular formula is C39H52N4O9S. The van der Waals surface area contributed by atoms with E-state index in [0.717, 1.165) is 42.6 Å². The summed E-state index contributed by atoms with van der Waals surface area (Å²) in [5.74, 6) is -1.84. The third kappa shape index (κ3) is 7.36. The van der Waals surface area contributed by atoms with Gasteiger partial charge >= 0.3 is 6.09 Å². The molecular weight excluding hydrogens is 701 g/mol. The number of amides is 4. The van der Waals surface area contributed by atoms with Gasteiger partial charge in [0.25, 0.3) is 5.91 Å². The molecule has 2 heterocycles. The van der Waals surface area contributed by atoms with E-state index in [1.165, 1.54) is 18.1 Å². The van der Waals surface area contributed by atoms with E-state index in [4.69, 9.17) is 13.9 Å². The van der Waals surface area contributed by atoms with Gasteiger partial charge in [-0.15, -0.1) is 6.58 Å². The maximum Gasteiger partial charge on any atom is 0.408 e. The highest BCUT2D eigenvalue weighted by molar-refractivity contribution is 7.91. The number of benzene rings is 1. The molecule has 13 nitrogen and oxygen atoms in total. The Morgan fingerprint density at radius 3 is 2.25 bits per heavy atom. The van der Waals surface area contributed by atoms with Crippen LogP contribution in [0, 0.1) is 18.3 Å². The van der Waals surface area contributed by atoms with Crippen molar-refractivity contribution in [2.45, 2.75) is 120 Å². The Morgan fingerprint density at radius 2 is 1.72 bits per heavy atom. The van der Waals surface area contributed by atoms with Crippen molar-refractivity contribution in [1.29, 1.82) is 0 Å². The molecule has 1 aromatic heterocycles. The normalized spacial score (nSPS) is 27.1. The van der Waals surface area contributed by atoms with Crippen molar-refractivity contribution in [2.24, 2.45) is 11.3 Å². The van der Waals surface area contributed by atoms with Crippen LogP contribution in [-0.4, -0.2) is 79.3 Å². The topological polar surface area (TPSA) is 173 Å². The number of nitrogens with one attached hydrogen (secondary N) is 3. The highest BCUT2D eigenvalue weighted by Gasteiger charge is 2.63. The summed E-state index contributed by atoms with van der Waals surface area (Å²) in [5.41, 5.74) is -1.02. The van der Waals surface area contributed by atoms with Crippen LogP contribution in [0.2, 0.25) is 0 Å². The maximum atomic E-state index is 14.7. The number of hydrogen-bond acceptors (Lipinski definition) is 9. The maximum absolute atomic E-state index is 14.7. The van der Waals surface area contributed by atoms with Crippen LogP contribution in [0.1, 0.15) is 90.2 Å². The lowest BCUT2D eigenvalue weighted by atomic mass is 9.85. The molecule has 3 aliphatic carbocycles. The third-order valence-corrected chi connectivity index (χ3v) is 13.8. The average Bonchev–Trinajstić information content (AvgIpc) is 3.76. The van der Waals surface area contributed by atoms with Gasteiger partial charge in [-0.2, -0.15) is 0 Å². The summed E-state index contributed by atoms with van der Waals surface area (Å²) in [7, 11) is -2.48. The number of methoxy groups -OCH3 is 1. The van der Waals surface area contributed by atoms with E-state index in [0.29, 0.717) is 18.4 Å². The van der Waals surface area contributed by atoms with Crippen LogP contribution >= 0.6 is 0 Å². The van der Waals surface area contributed by atoms with Gasteiger partial charge in [-0.1, -0.05) is 51.1 Å². The molecule has 2 aromatic rings. The SMILES string of the molecule is C=CC1C[C@]1(NC(=O)[C@@H]1C[C@@](OC)(c2ccc(-c3occc3C)cc2)CN1C(=O)[C@@H](NC(=O)OC1CCCC1)C(C)(C)C)C(=O)NS(=O)(=O)C1(C)CC1. The molecule has 6 rings (SSSR count). The summed E-state index contributed by atoms with van der Waals surface area (Å²) >= 11 is 0. The van der Waals surface area contributed by atoms with Gasteiger partial charge in [0.2, 0.25) is 21.8 Å². The Bertz CT molecular complexity index is 1870. The molecule has 4 fully saturated rings. The average molecular weight is 753 g/mol. The number of aryl methyl sites for hydroxylation is 1. The van der Waals surface area contributed by atoms with Gasteiger partial charge in [0.05, 0.1) is 17.6 Å². The van der Waals surface area contributed by atoms with E-state index in [1.807, 2.05) is 58.0 Å². The molecule has 3 saturated carbocycles. The van der Waals surface area contributed by atoms with Gasteiger partial charge < -0.3 is 29.4 Å². The smallest absolute Gasteiger partial charge is 0.408 e. The number of ether oxygens (including phenoxy) is 2. The van der Waals surface area contributed by atoms with Gasteiger partial charge in [0, 0.05) is 25.0 Å². The summed E-state index contributed by atoms with van der Waals surface area (Å²) in [6, 6.07) is 7.13. The van der Waals surface area contributed by atoms with Crippen LogP contribution in [0.4, 0.5) is 4.79 Å². The molecule has 0 spiro atoms. The fraction of sp³-hybridized carbons (Fsp3) is 0.590. The van der Waals surface area contributed by atoms with Crippen LogP contribution in [0.5, 0.6) is 0 Å². The fourth-order valence-corrected chi connectivity index (χ4v) is 8.96. The summed E-state index contributed by atoms with van der Waals surface area (Å²) in [6.07, 6.45) is 6.64. The summed E-state index contributed by atoms with van der Waals surface area (Å²) < 4.78 is 44.8. The quantitative estimate of drug-likeness (QED) is 0.257. The van der Waals surface area contributed by atoms with Crippen molar-refractivity contribution >= 4 is 33.8 Å². The second kappa shape index (κ2) is 13.9. The van der Waals surface area contributed by atoms with E-state index in [2.05, 4.69) is 21.9 Å². The van der Waals surface area contributed by atoms with Gasteiger partial charge in [0.1, 0.15) is 35.1 Å². The Balaban J connectivity index is 1.32. The Kier molecular flexibility index (Phi) is 10.1. The first-order valence-electron chi connectivity index (χ1n) is 18.4. The van der Waals surface area contributed by atoms with Gasteiger partial charge in [-0.25, -0.2) is 13.2 Å². The zero-order chi connectivity index (χ0) is 38.6. The van der Waals surface area contributed by atoms with Crippen LogP contribution in [0.3, 0.4) is 0 Å². The number of alkyl carbamates (subject to hydrolysis) is 1. The molecule has 4 aliphatic rings. The van der Waals surface area contributed by atoms with Crippen molar-refractivity contribution in [3.05, 3.63) is 60.4 Å². The Hall–Kier alpha value is -4.17. The second-order valence-corrected chi connectivity index (χ2v) is 18.7. The van der Waals surface area contributed by atoms with Crippen LogP contribution in [-0.2, 0) is 39.5 Å². The molecule has 0 radical (unpaired) electrons. The van der Waals surface area contributed by atoms with Gasteiger partial charge in [0.15, 0.2) is 0 Å². The van der Waals surface area contributed by atoms with Crippen molar-refractivity contribution < 1.29 is 41.5 Å². The molecule has 53 heavy (non-hydrogen) atoms. The Morgan fingerprint density at radius 1 is 1.06 bits per heavy atom. The first-order chi connectivity index (χ1) is 24.9. The molecule has 1 unspecified atom stereocenters. The van der Waals surface area contributed by atoms with Gasteiger partial charge in [-0.05, 0) is 81.4 Å². The number of carbonyl (C=O) groups is 4. The minimum absolute atomic E-state index is 0.0103. The molecule has 5 atom stereocenters. The molecule has 4 amide bonds. The molecule has 3 N–H and O–H groups in total. The van der Waals surface area contributed by atoms with Crippen LogP contribution in [0.15, 0.2) is 53.7 Å². The summed E-state index contributed by atoms with van der Waals surface area (Å²) in [4.78, 5) is 57.5. The second-order valence-electron chi connectivity index (χ2n) is 16.5. The highest BCUT2D eigenvalue weighted by Crippen LogP contribution is 2.48.